The number of hydrogen-bond acceptors (Lipinski definition) is 7. The normalized spacial score (nSPS) is 22.3. The highest BCUT2D eigenvalue weighted by molar-refractivity contribution is 8.01. The predicted molar refractivity (Wildman–Crippen MR) is 90.5 cm³/mol. The number of nitrogens with one attached hydrogen (secondary N) is 1. The van der Waals surface area contributed by atoms with Gasteiger partial charge in [-0.25, -0.2) is 0 Å². The van der Waals surface area contributed by atoms with E-state index in [2.05, 4.69) is 33.0 Å². The minimum absolute atomic E-state index is 0.192. The lowest BCUT2D eigenvalue weighted by Gasteiger charge is -2.25. The summed E-state index contributed by atoms with van der Waals surface area (Å²) in [5.41, 5.74) is 0. The van der Waals surface area contributed by atoms with Gasteiger partial charge in [-0.05, 0) is 30.7 Å². The smallest absolute Gasteiger partial charge is 0.206 e. The van der Waals surface area contributed by atoms with Gasteiger partial charge in [-0.1, -0.05) is 42.0 Å². The van der Waals surface area contributed by atoms with E-state index in [1.165, 1.54) is 11.3 Å². The van der Waals surface area contributed by atoms with Crippen LogP contribution in [0.15, 0.2) is 21.9 Å². The van der Waals surface area contributed by atoms with E-state index in [0.29, 0.717) is 0 Å². The summed E-state index contributed by atoms with van der Waals surface area (Å²) >= 11 is 5.05. The quantitative estimate of drug-likeness (QED) is 0.840. The van der Waals surface area contributed by atoms with Crippen molar-refractivity contribution < 1.29 is 5.11 Å². The Kier molecular flexibility index (Phi) is 5.51. The molecule has 0 amide bonds. The summed E-state index contributed by atoms with van der Waals surface area (Å²) in [5, 5.41) is 25.0. The van der Waals surface area contributed by atoms with Crippen LogP contribution in [0.1, 0.15) is 30.6 Å². The van der Waals surface area contributed by atoms with Crippen LogP contribution in [0, 0.1) is 0 Å². The van der Waals surface area contributed by atoms with Crippen molar-refractivity contribution >= 4 is 39.6 Å². The van der Waals surface area contributed by atoms with Gasteiger partial charge in [0.2, 0.25) is 5.13 Å². The van der Waals surface area contributed by atoms with Crippen LogP contribution < -0.4 is 5.32 Å². The van der Waals surface area contributed by atoms with Crippen LogP contribution in [0.5, 0.6) is 0 Å². The summed E-state index contributed by atoms with van der Waals surface area (Å²) in [6, 6.07) is 4.23. The summed E-state index contributed by atoms with van der Waals surface area (Å²) in [6.07, 6.45) is 5.17. The van der Waals surface area contributed by atoms with E-state index in [9.17, 15) is 5.11 Å². The molecule has 114 valence electrons. The van der Waals surface area contributed by atoms with E-state index in [1.54, 1.807) is 34.4 Å². The lowest BCUT2D eigenvalue weighted by atomic mass is 9.97. The number of thioether (sulfide) groups is 1. The summed E-state index contributed by atoms with van der Waals surface area (Å²) in [4.78, 5) is 1.38. The van der Waals surface area contributed by atoms with Gasteiger partial charge in [0.05, 0.1) is 6.10 Å². The zero-order chi connectivity index (χ0) is 14.5. The van der Waals surface area contributed by atoms with Crippen LogP contribution in [0.2, 0.25) is 0 Å². The Morgan fingerprint density at radius 3 is 3.05 bits per heavy atom. The highest BCUT2D eigenvalue weighted by Crippen LogP contribution is 2.36. The summed E-state index contributed by atoms with van der Waals surface area (Å²) < 4.78 is 0.958. The number of aliphatic hydroxyl groups is 1. The summed E-state index contributed by atoms with van der Waals surface area (Å²) in [5.74, 6) is 0. The molecular weight excluding hydrogens is 322 g/mol. The monoisotopic (exact) mass is 341 g/mol. The summed E-state index contributed by atoms with van der Waals surface area (Å²) in [7, 11) is 0. The topological polar surface area (TPSA) is 58.0 Å². The molecule has 0 aromatic carbocycles. The molecule has 1 saturated carbocycles. The molecule has 2 aromatic heterocycles. The molecule has 1 aliphatic rings. The molecule has 1 fully saturated rings. The van der Waals surface area contributed by atoms with Crippen molar-refractivity contribution in [3.05, 3.63) is 22.4 Å². The van der Waals surface area contributed by atoms with Crippen molar-refractivity contribution in [1.82, 2.24) is 10.2 Å². The molecular formula is C14H19N3OS3. The number of nitrogens with zero attached hydrogens (tertiary/aromatic N) is 2. The van der Waals surface area contributed by atoms with Crippen LogP contribution in [0.25, 0.3) is 0 Å². The number of rotatable bonds is 6. The maximum absolute atomic E-state index is 10.0. The Balaban J connectivity index is 1.46. The lowest BCUT2D eigenvalue weighted by molar-refractivity contribution is 0.137. The maximum atomic E-state index is 10.0. The molecule has 2 heterocycles. The highest BCUT2D eigenvalue weighted by atomic mass is 32.2. The molecule has 0 saturated heterocycles. The van der Waals surface area contributed by atoms with E-state index in [-0.39, 0.29) is 11.4 Å². The average molecular weight is 342 g/mol. The van der Waals surface area contributed by atoms with E-state index < -0.39 is 0 Å². The number of aliphatic hydroxyl groups excluding tert-OH is 1. The Bertz CT molecular complexity index is 543. The fourth-order valence-electron chi connectivity index (χ4n) is 2.42. The number of anilines is 1. The third kappa shape index (κ3) is 4.42. The van der Waals surface area contributed by atoms with Gasteiger partial charge in [-0.3, -0.25) is 0 Å². The van der Waals surface area contributed by atoms with Gasteiger partial charge in [-0.2, -0.15) is 0 Å². The van der Waals surface area contributed by atoms with E-state index in [0.717, 1.165) is 41.7 Å². The first-order valence-corrected chi connectivity index (χ1v) is 9.83. The van der Waals surface area contributed by atoms with Crippen LogP contribution in [0.4, 0.5) is 5.13 Å². The van der Waals surface area contributed by atoms with Crippen LogP contribution in [-0.2, 0) is 6.42 Å². The molecule has 0 radical (unpaired) electrons. The van der Waals surface area contributed by atoms with Crippen molar-refractivity contribution in [3.8, 4) is 0 Å². The second kappa shape index (κ2) is 7.58. The zero-order valence-electron chi connectivity index (χ0n) is 11.7. The average Bonchev–Trinajstić information content (AvgIpc) is 3.14. The van der Waals surface area contributed by atoms with Gasteiger partial charge in [0, 0.05) is 16.7 Å². The van der Waals surface area contributed by atoms with Crippen molar-refractivity contribution in [1.29, 1.82) is 0 Å². The first-order valence-electron chi connectivity index (χ1n) is 7.26. The minimum Gasteiger partial charge on any atom is -0.392 e. The lowest BCUT2D eigenvalue weighted by Crippen LogP contribution is -2.26. The molecule has 0 spiro atoms. The SMILES string of the molecule is OC1CCCCC1Sc1nnc(NCCc2cccs2)s1. The second-order valence-corrected chi connectivity index (χ2v) is 8.63. The first kappa shape index (κ1) is 15.3. The molecule has 0 bridgehead atoms. The Morgan fingerprint density at radius 2 is 2.24 bits per heavy atom. The van der Waals surface area contributed by atoms with E-state index in [1.807, 2.05) is 0 Å². The van der Waals surface area contributed by atoms with Crippen molar-refractivity contribution in [2.45, 2.75) is 47.8 Å². The molecule has 0 aliphatic heterocycles. The fraction of sp³-hybridized carbons (Fsp3) is 0.571. The summed E-state index contributed by atoms with van der Waals surface area (Å²) in [6.45, 7) is 0.881. The number of aromatic nitrogens is 2. The molecule has 2 N–H and O–H groups in total. The molecule has 3 rings (SSSR count). The Hall–Kier alpha value is -0.630. The van der Waals surface area contributed by atoms with Crippen LogP contribution in [0.3, 0.4) is 0 Å². The van der Waals surface area contributed by atoms with Crippen LogP contribution >= 0.6 is 34.4 Å². The molecule has 1 aliphatic carbocycles. The molecule has 4 nitrogen and oxygen atoms in total. The van der Waals surface area contributed by atoms with Crippen molar-refractivity contribution in [2.75, 3.05) is 11.9 Å². The minimum atomic E-state index is -0.192. The second-order valence-electron chi connectivity index (χ2n) is 5.14. The molecule has 7 heteroatoms. The standard InChI is InChI=1S/C14H19N3OS3/c18-11-5-1-2-6-12(11)20-14-17-16-13(21-14)15-8-7-10-4-3-9-19-10/h3-4,9,11-12,18H,1-2,5-8H2,(H,15,16). The predicted octanol–water partition coefficient (Wildman–Crippen LogP) is 3.65. The van der Waals surface area contributed by atoms with Gasteiger partial charge >= 0.3 is 0 Å². The number of hydrogen-bond donors (Lipinski definition) is 2. The third-order valence-electron chi connectivity index (χ3n) is 3.55. The third-order valence-corrected chi connectivity index (χ3v) is 6.84. The Labute approximate surface area is 137 Å². The van der Waals surface area contributed by atoms with Gasteiger partial charge in [-0.15, -0.1) is 21.5 Å². The van der Waals surface area contributed by atoms with Crippen molar-refractivity contribution in [3.63, 3.8) is 0 Å². The van der Waals surface area contributed by atoms with E-state index in [4.69, 9.17) is 0 Å². The molecule has 21 heavy (non-hydrogen) atoms. The largest absolute Gasteiger partial charge is 0.392 e. The van der Waals surface area contributed by atoms with Gasteiger partial charge in [0.25, 0.3) is 0 Å². The molecule has 2 unspecified atom stereocenters. The van der Waals surface area contributed by atoms with Gasteiger partial charge in [0.1, 0.15) is 0 Å². The van der Waals surface area contributed by atoms with Crippen LogP contribution in [-0.4, -0.2) is 33.2 Å². The van der Waals surface area contributed by atoms with Crippen molar-refractivity contribution in [2.24, 2.45) is 0 Å². The fourth-order valence-corrected chi connectivity index (χ4v) is 5.36. The number of thiophene rings is 1. The maximum Gasteiger partial charge on any atom is 0.206 e. The molecule has 2 aromatic rings. The van der Waals surface area contributed by atoms with E-state index >= 15 is 0 Å². The van der Waals surface area contributed by atoms with Gasteiger partial charge < -0.3 is 10.4 Å². The highest BCUT2D eigenvalue weighted by Gasteiger charge is 2.25. The zero-order valence-corrected chi connectivity index (χ0v) is 14.1. The molecule has 2 atom stereocenters. The Morgan fingerprint density at radius 1 is 1.33 bits per heavy atom. The van der Waals surface area contributed by atoms with Gasteiger partial charge in [0.15, 0.2) is 4.34 Å². The first-order chi connectivity index (χ1) is 10.3.